The zero-order valence-corrected chi connectivity index (χ0v) is 11.5. The predicted octanol–water partition coefficient (Wildman–Crippen LogP) is 2.86. The predicted molar refractivity (Wildman–Crippen MR) is 73.6 cm³/mol. The molecule has 0 saturated carbocycles. The first-order valence-corrected chi connectivity index (χ1v) is 7.04. The average molecular weight is 248 g/mol. The Morgan fingerprint density at radius 2 is 2.44 bits per heavy atom. The fourth-order valence-electron chi connectivity index (χ4n) is 2.69. The first-order valence-electron chi connectivity index (χ1n) is 7.04. The number of rotatable bonds is 5. The Hall–Kier alpha value is -0.930. The van der Waals surface area contributed by atoms with Crippen LogP contribution in [-0.4, -0.2) is 24.7 Å². The van der Waals surface area contributed by atoms with Gasteiger partial charge in [-0.3, -0.25) is 4.98 Å². The topological polar surface area (TPSA) is 34.2 Å². The van der Waals surface area contributed by atoms with Crippen molar-refractivity contribution < 1.29 is 4.74 Å². The highest BCUT2D eigenvalue weighted by atomic mass is 16.5. The van der Waals surface area contributed by atoms with Gasteiger partial charge < -0.3 is 10.1 Å². The number of hydrogen-bond acceptors (Lipinski definition) is 3. The van der Waals surface area contributed by atoms with E-state index < -0.39 is 0 Å². The van der Waals surface area contributed by atoms with E-state index >= 15 is 0 Å². The first-order chi connectivity index (χ1) is 8.83. The van der Waals surface area contributed by atoms with Crippen LogP contribution in [0, 0.1) is 12.8 Å². The lowest BCUT2D eigenvalue weighted by atomic mass is 9.87. The summed E-state index contributed by atoms with van der Waals surface area (Å²) in [5.74, 6) is 0.589. The Bertz CT molecular complexity index is 361. The van der Waals surface area contributed by atoms with Gasteiger partial charge in [-0.05, 0) is 49.9 Å². The molecule has 18 heavy (non-hydrogen) atoms. The molecule has 2 atom stereocenters. The van der Waals surface area contributed by atoms with Crippen molar-refractivity contribution in [3.05, 3.63) is 29.6 Å². The van der Waals surface area contributed by atoms with Gasteiger partial charge in [-0.1, -0.05) is 6.92 Å². The van der Waals surface area contributed by atoms with Crippen LogP contribution in [-0.2, 0) is 4.74 Å². The van der Waals surface area contributed by atoms with Crippen LogP contribution in [0.2, 0.25) is 0 Å². The fraction of sp³-hybridized carbons (Fsp3) is 0.667. The molecule has 100 valence electrons. The SMILES string of the molecule is CCCNC(c1ccncc1C)C1CCCOC1. The van der Waals surface area contributed by atoms with E-state index in [9.17, 15) is 0 Å². The molecule has 1 aliphatic heterocycles. The summed E-state index contributed by atoms with van der Waals surface area (Å²) < 4.78 is 5.65. The fourth-order valence-corrected chi connectivity index (χ4v) is 2.69. The van der Waals surface area contributed by atoms with E-state index in [1.807, 2.05) is 12.4 Å². The van der Waals surface area contributed by atoms with Crippen LogP contribution in [0.1, 0.15) is 43.4 Å². The van der Waals surface area contributed by atoms with Crippen LogP contribution in [0.4, 0.5) is 0 Å². The van der Waals surface area contributed by atoms with E-state index in [4.69, 9.17) is 4.74 Å². The molecular weight excluding hydrogens is 224 g/mol. The molecule has 2 unspecified atom stereocenters. The summed E-state index contributed by atoms with van der Waals surface area (Å²) in [5, 5.41) is 3.69. The number of aryl methyl sites for hydroxylation is 1. The molecule has 3 nitrogen and oxygen atoms in total. The quantitative estimate of drug-likeness (QED) is 0.870. The zero-order chi connectivity index (χ0) is 12.8. The van der Waals surface area contributed by atoms with Crippen molar-refractivity contribution in [3.63, 3.8) is 0 Å². The van der Waals surface area contributed by atoms with Crippen LogP contribution in [0.3, 0.4) is 0 Å². The van der Waals surface area contributed by atoms with Crippen molar-refractivity contribution in [2.75, 3.05) is 19.8 Å². The van der Waals surface area contributed by atoms with Gasteiger partial charge in [-0.15, -0.1) is 0 Å². The Kier molecular flexibility index (Phi) is 5.14. The monoisotopic (exact) mass is 248 g/mol. The minimum atomic E-state index is 0.410. The molecule has 0 amide bonds. The van der Waals surface area contributed by atoms with Gasteiger partial charge in [-0.25, -0.2) is 0 Å². The van der Waals surface area contributed by atoms with Gasteiger partial charge in [0.05, 0.1) is 6.61 Å². The molecule has 1 N–H and O–H groups in total. The second kappa shape index (κ2) is 6.86. The highest BCUT2D eigenvalue weighted by Gasteiger charge is 2.26. The van der Waals surface area contributed by atoms with Crippen LogP contribution in [0.15, 0.2) is 18.5 Å². The molecule has 2 rings (SSSR count). The standard InChI is InChI=1S/C15H24N2O/c1-3-7-17-15(13-5-4-9-18-11-13)14-6-8-16-10-12(14)2/h6,8,10,13,15,17H,3-5,7,9,11H2,1-2H3. The lowest BCUT2D eigenvalue weighted by Crippen LogP contribution is -2.34. The summed E-state index contributed by atoms with van der Waals surface area (Å²) in [6.07, 6.45) is 7.45. The van der Waals surface area contributed by atoms with Gasteiger partial charge in [0.15, 0.2) is 0 Å². The summed E-state index contributed by atoms with van der Waals surface area (Å²) in [4.78, 5) is 4.19. The van der Waals surface area contributed by atoms with E-state index in [-0.39, 0.29) is 0 Å². The minimum Gasteiger partial charge on any atom is -0.381 e. The van der Waals surface area contributed by atoms with E-state index in [0.717, 1.165) is 26.2 Å². The summed E-state index contributed by atoms with van der Waals surface area (Å²) in [6.45, 7) is 7.21. The third kappa shape index (κ3) is 3.30. The van der Waals surface area contributed by atoms with Crippen LogP contribution >= 0.6 is 0 Å². The third-order valence-electron chi connectivity index (χ3n) is 3.68. The maximum absolute atomic E-state index is 5.65. The van der Waals surface area contributed by atoms with E-state index in [1.165, 1.54) is 24.0 Å². The van der Waals surface area contributed by atoms with Crippen LogP contribution < -0.4 is 5.32 Å². The molecule has 0 spiro atoms. The Morgan fingerprint density at radius 1 is 1.56 bits per heavy atom. The van der Waals surface area contributed by atoms with Gasteiger partial charge in [0, 0.05) is 31.0 Å². The van der Waals surface area contributed by atoms with Crippen molar-refractivity contribution in [3.8, 4) is 0 Å². The second-order valence-electron chi connectivity index (χ2n) is 5.14. The molecule has 1 aromatic heterocycles. The van der Waals surface area contributed by atoms with Crippen molar-refractivity contribution in [2.45, 2.75) is 39.2 Å². The Morgan fingerprint density at radius 3 is 3.11 bits per heavy atom. The molecule has 2 heterocycles. The molecule has 0 aromatic carbocycles. The maximum atomic E-state index is 5.65. The number of nitrogens with zero attached hydrogens (tertiary/aromatic N) is 1. The number of pyridine rings is 1. The number of hydrogen-bond donors (Lipinski definition) is 1. The summed E-state index contributed by atoms with van der Waals surface area (Å²) in [7, 11) is 0. The van der Waals surface area contributed by atoms with Crippen molar-refractivity contribution in [1.82, 2.24) is 10.3 Å². The van der Waals surface area contributed by atoms with Gasteiger partial charge in [0.1, 0.15) is 0 Å². The highest BCUT2D eigenvalue weighted by Crippen LogP contribution is 2.30. The summed E-state index contributed by atoms with van der Waals surface area (Å²) >= 11 is 0. The third-order valence-corrected chi connectivity index (χ3v) is 3.68. The van der Waals surface area contributed by atoms with Gasteiger partial charge in [0.2, 0.25) is 0 Å². The van der Waals surface area contributed by atoms with Crippen LogP contribution in [0.5, 0.6) is 0 Å². The van der Waals surface area contributed by atoms with Crippen molar-refractivity contribution in [1.29, 1.82) is 0 Å². The summed E-state index contributed by atoms with van der Waals surface area (Å²) in [5.41, 5.74) is 2.66. The molecule has 1 aliphatic rings. The lowest BCUT2D eigenvalue weighted by Gasteiger charge is -2.32. The maximum Gasteiger partial charge on any atom is 0.0512 e. The molecule has 0 aliphatic carbocycles. The molecule has 3 heteroatoms. The minimum absolute atomic E-state index is 0.410. The average Bonchev–Trinajstić information content (AvgIpc) is 2.42. The van der Waals surface area contributed by atoms with E-state index in [0.29, 0.717) is 12.0 Å². The first kappa shape index (κ1) is 13.5. The van der Waals surface area contributed by atoms with E-state index in [1.54, 1.807) is 0 Å². The normalized spacial score (nSPS) is 21.8. The number of aromatic nitrogens is 1. The van der Waals surface area contributed by atoms with Crippen molar-refractivity contribution in [2.24, 2.45) is 5.92 Å². The molecular formula is C15H24N2O. The summed E-state index contributed by atoms with van der Waals surface area (Å²) in [6, 6.07) is 2.56. The molecule has 0 bridgehead atoms. The molecule has 1 saturated heterocycles. The largest absolute Gasteiger partial charge is 0.381 e. The van der Waals surface area contributed by atoms with Crippen molar-refractivity contribution >= 4 is 0 Å². The lowest BCUT2D eigenvalue weighted by molar-refractivity contribution is 0.0389. The highest BCUT2D eigenvalue weighted by molar-refractivity contribution is 5.26. The Labute approximate surface area is 110 Å². The number of ether oxygens (including phenoxy) is 1. The molecule has 1 aromatic rings. The second-order valence-corrected chi connectivity index (χ2v) is 5.14. The molecule has 0 radical (unpaired) electrons. The van der Waals surface area contributed by atoms with Gasteiger partial charge >= 0.3 is 0 Å². The smallest absolute Gasteiger partial charge is 0.0512 e. The van der Waals surface area contributed by atoms with E-state index in [2.05, 4.69) is 30.2 Å². The number of nitrogens with one attached hydrogen (secondary N) is 1. The van der Waals surface area contributed by atoms with Gasteiger partial charge in [-0.2, -0.15) is 0 Å². The van der Waals surface area contributed by atoms with Crippen LogP contribution in [0.25, 0.3) is 0 Å². The Balaban J connectivity index is 2.15. The zero-order valence-electron chi connectivity index (χ0n) is 11.5. The van der Waals surface area contributed by atoms with Gasteiger partial charge in [0.25, 0.3) is 0 Å². The molecule has 1 fully saturated rings.